The zero-order valence-corrected chi connectivity index (χ0v) is 36.8. The van der Waals surface area contributed by atoms with Crippen molar-refractivity contribution in [1.82, 2.24) is 36.6 Å². The van der Waals surface area contributed by atoms with Gasteiger partial charge in [0.2, 0.25) is 23.6 Å². The second kappa shape index (κ2) is 22.1. The Hall–Kier alpha value is -5.38. The second-order valence-electron chi connectivity index (χ2n) is 16.2. The number of nitrogen functional groups attached to an aromatic ring is 2. The van der Waals surface area contributed by atoms with Crippen LogP contribution in [0, 0.1) is 43.2 Å². The minimum absolute atomic E-state index is 0.0996. The molecule has 62 heavy (non-hydrogen) atoms. The third kappa shape index (κ3) is 13.8. The summed E-state index contributed by atoms with van der Waals surface area (Å²) in [6.45, 7) is 8.27. The molecule has 4 amide bonds. The first-order valence-electron chi connectivity index (χ1n) is 20.7. The van der Waals surface area contributed by atoms with Crippen LogP contribution in [0.4, 0.5) is 20.4 Å². The molecule has 13 nitrogen and oxygen atoms in total. The van der Waals surface area contributed by atoms with Gasteiger partial charge in [-0.1, -0.05) is 47.5 Å². The molecule has 2 aliphatic rings. The van der Waals surface area contributed by atoms with Crippen LogP contribution in [0.3, 0.4) is 0 Å². The fraction of sp³-hybridized carbons (Fsp3) is 0.422. The van der Waals surface area contributed by atoms with E-state index in [0.29, 0.717) is 50.0 Å². The largest absolute Gasteiger partial charge is 0.384 e. The van der Waals surface area contributed by atoms with Crippen LogP contribution < -0.4 is 38.1 Å². The molecule has 1 saturated heterocycles. The molecule has 0 radical (unpaired) electrons. The lowest BCUT2D eigenvalue weighted by Crippen LogP contribution is -2.50. The van der Waals surface area contributed by atoms with Gasteiger partial charge >= 0.3 is 0 Å². The summed E-state index contributed by atoms with van der Waals surface area (Å²) in [6.07, 6.45) is 4.51. The maximum Gasteiger partial charge on any atom is 0.242 e. The van der Waals surface area contributed by atoms with Gasteiger partial charge in [0.05, 0.1) is 16.1 Å². The molecule has 2 aromatic carbocycles. The number of nitrogens with zero attached hydrogens (tertiary/aromatic N) is 2. The minimum Gasteiger partial charge on any atom is -0.384 e. The molecule has 2 aromatic heterocycles. The Labute approximate surface area is 370 Å². The van der Waals surface area contributed by atoms with E-state index < -0.39 is 23.7 Å². The molecule has 1 saturated carbocycles. The Balaban J connectivity index is 0.000000234. The molecule has 3 heterocycles. The number of nitrogens with two attached hydrogens (primary N) is 2. The lowest BCUT2D eigenvalue weighted by Gasteiger charge is -2.17. The summed E-state index contributed by atoms with van der Waals surface area (Å²) in [5, 5.41) is 14.6. The summed E-state index contributed by atoms with van der Waals surface area (Å²) in [4.78, 5) is 58.3. The summed E-state index contributed by atoms with van der Waals surface area (Å²) >= 11 is 11.7. The highest BCUT2D eigenvalue weighted by molar-refractivity contribution is 6.31. The van der Waals surface area contributed by atoms with E-state index in [1.165, 1.54) is 12.1 Å². The first-order valence-corrected chi connectivity index (χ1v) is 21.4. The van der Waals surface area contributed by atoms with Gasteiger partial charge in [-0.2, -0.15) is 0 Å². The number of rotatable bonds is 14. The van der Waals surface area contributed by atoms with Crippen molar-refractivity contribution in [3.05, 3.63) is 116 Å². The first kappa shape index (κ1) is 47.7. The van der Waals surface area contributed by atoms with Crippen molar-refractivity contribution in [2.45, 2.75) is 97.4 Å². The number of aryl methyl sites for hydroxylation is 2. The molecule has 4 aromatic rings. The normalized spacial score (nSPS) is 19.1. The molecular weight excluding hydrogens is 839 g/mol. The van der Waals surface area contributed by atoms with Gasteiger partial charge in [-0.25, -0.2) is 18.7 Å². The Kier molecular flexibility index (Phi) is 17.0. The smallest absolute Gasteiger partial charge is 0.242 e. The van der Waals surface area contributed by atoms with E-state index >= 15 is 0 Å². The highest BCUT2D eigenvalue weighted by Crippen LogP contribution is 2.34. The fourth-order valence-corrected chi connectivity index (χ4v) is 8.11. The van der Waals surface area contributed by atoms with E-state index in [0.717, 1.165) is 59.3 Å². The first-order chi connectivity index (χ1) is 29.4. The summed E-state index contributed by atoms with van der Waals surface area (Å²) < 4.78 is 26.6. The van der Waals surface area contributed by atoms with Crippen molar-refractivity contribution in [3.8, 4) is 0 Å². The van der Waals surface area contributed by atoms with Crippen LogP contribution in [0.25, 0.3) is 0 Å². The van der Waals surface area contributed by atoms with Crippen LogP contribution in [0.2, 0.25) is 10.0 Å². The average molecular weight is 895 g/mol. The number of amides is 4. The zero-order valence-electron chi connectivity index (χ0n) is 35.3. The van der Waals surface area contributed by atoms with Gasteiger partial charge in [0.1, 0.15) is 35.4 Å². The number of pyridine rings is 2. The van der Waals surface area contributed by atoms with Gasteiger partial charge in [-0.05, 0) is 143 Å². The van der Waals surface area contributed by atoms with Crippen molar-refractivity contribution >= 4 is 58.5 Å². The SMILES string of the molecule is Cc1nc(N)ccc1CNC(=O)[C@H](C)NC(=O)[C@@H]1CC[C@@H](Cc2ccc(F)c(Cl)c2)C1.Cc1nc(N)ccc1CNC(=O)[C@H](C)NC(=O)[C@H]1C[C@H](Cc2ccc(F)c(Cl)c2)CN1. The van der Waals surface area contributed by atoms with E-state index in [4.69, 9.17) is 34.7 Å². The monoisotopic (exact) mass is 893 g/mol. The third-order valence-electron chi connectivity index (χ3n) is 11.3. The number of carbonyl (C=O) groups is 4. The van der Waals surface area contributed by atoms with Crippen molar-refractivity contribution in [2.75, 3.05) is 18.0 Å². The highest BCUT2D eigenvalue weighted by Gasteiger charge is 2.32. The van der Waals surface area contributed by atoms with Gasteiger partial charge in [-0.3, -0.25) is 19.2 Å². The number of aromatic nitrogens is 2. The van der Waals surface area contributed by atoms with Gasteiger partial charge in [-0.15, -0.1) is 0 Å². The molecule has 1 aliphatic heterocycles. The highest BCUT2D eigenvalue weighted by atomic mass is 35.5. The van der Waals surface area contributed by atoms with Crippen LogP contribution in [0.5, 0.6) is 0 Å². The second-order valence-corrected chi connectivity index (χ2v) is 17.0. The zero-order chi connectivity index (χ0) is 45.1. The fourth-order valence-electron chi connectivity index (χ4n) is 7.70. The molecule has 0 bridgehead atoms. The number of anilines is 2. The molecule has 1 aliphatic carbocycles. The lowest BCUT2D eigenvalue weighted by molar-refractivity contribution is -0.130. The molecule has 17 heteroatoms. The number of benzene rings is 2. The molecule has 9 N–H and O–H groups in total. The van der Waals surface area contributed by atoms with E-state index in [9.17, 15) is 28.0 Å². The maximum absolute atomic E-state index is 13.3. The van der Waals surface area contributed by atoms with Gasteiger partial charge in [0.15, 0.2) is 0 Å². The predicted octanol–water partition coefficient (Wildman–Crippen LogP) is 5.65. The van der Waals surface area contributed by atoms with Crippen molar-refractivity contribution in [2.24, 2.45) is 17.8 Å². The molecule has 6 atom stereocenters. The average Bonchev–Trinajstić information content (AvgIpc) is 3.90. The number of carbonyl (C=O) groups excluding carboxylic acids is 4. The van der Waals surface area contributed by atoms with Gasteiger partial charge < -0.3 is 38.1 Å². The maximum atomic E-state index is 13.3. The van der Waals surface area contributed by atoms with Crippen LogP contribution in [0.1, 0.15) is 73.2 Å². The molecule has 0 spiro atoms. The molecule has 332 valence electrons. The van der Waals surface area contributed by atoms with Crippen LogP contribution >= 0.6 is 23.2 Å². The Morgan fingerprint density at radius 3 is 1.68 bits per heavy atom. The quantitative estimate of drug-likeness (QED) is 0.0834. The van der Waals surface area contributed by atoms with Crippen LogP contribution in [0.15, 0.2) is 60.7 Å². The van der Waals surface area contributed by atoms with Gasteiger partial charge in [0.25, 0.3) is 0 Å². The van der Waals surface area contributed by atoms with Crippen LogP contribution in [-0.2, 0) is 45.1 Å². The number of nitrogens with one attached hydrogen (secondary N) is 5. The van der Waals surface area contributed by atoms with E-state index in [2.05, 4.69) is 36.6 Å². The Bertz CT molecular complexity index is 2090. The predicted molar refractivity (Wildman–Crippen MR) is 237 cm³/mol. The van der Waals surface area contributed by atoms with Gasteiger partial charge in [0, 0.05) is 30.4 Å². The van der Waals surface area contributed by atoms with Crippen molar-refractivity contribution in [1.29, 1.82) is 0 Å². The van der Waals surface area contributed by atoms with E-state index in [1.807, 2.05) is 26.0 Å². The lowest BCUT2D eigenvalue weighted by atomic mass is 9.96. The summed E-state index contributed by atoms with van der Waals surface area (Å²) in [5.74, 6) is -0.417. The third-order valence-corrected chi connectivity index (χ3v) is 11.9. The summed E-state index contributed by atoms with van der Waals surface area (Å²) in [7, 11) is 0. The topological polar surface area (TPSA) is 206 Å². The summed E-state index contributed by atoms with van der Waals surface area (Å²) in [6, 6.07) is 14.8. The standard InChI is InChI=1S/C23H28ClFN4O2.C22H27ClFN5O2/c1-13-18(6-8-21(26)28-13)12-27-22(30)14(2)29-23(31)17-5-3-15(10-17)9-16-4-7-20(25)19(24)11-16;1-12-16(4-6-20(25)28-12)11-27-21(30)13(2)29-22(31)19-9-15(10-26-19)7-14-3-5-18(24)17(23)8-14/h4,6-8,11,14-15,17H,3,5,9-10,12H2,1-2H3,(H2,26,28)(H,27,30)(H,29,31);3-6,8,13,15,19,26H,7,9-11H2,1-2H3,(H2,25,28)(H,27,30)(H,29,31)/t14-,15-,17+;13-,15-,19+/m00/s1. The molecule has 6 rings (SSSR count). The molecular formula is C45H55Cl2F2N9O4. The number of hydrogen-bond acceptors (Lipinski definition) is 9. The Morgan fingerprint density at radius 2 is 1.19 bits per heavy atom. The van der Waals surface area contributed by atoms with E-state index in [1.54, 1.807) is 50.2 Å². The van der Waals surface area contributed by atoms with E-state index in [-0.39, 0.29) is 51.6 Å². The van der Waals surface area contributed by atoms with Crippen molar-refractivity contribution in [3.63, 3.8) is 0 Å². The Morgan fingerprint density at radius 1 is 0.710 bits per heavy atom. The molecule has 2 fully saturated rings. The summed E-state index contributed by atoms with van der Waals surface area (Å²) in [5.41, 5.74) is 16.4. The minimum atomic E-state index is -0.675. The van der Waals surface area contributed by atoms with Crippen LogP contribution in [-0.4, -0.2) is 58.3 Å². The van der Waals surface area contributed by atoms with Crippen molar-refractivity contribution < 1.29 is 28.0 Å². The number of hydrogen-bond donors (Lipinski definition) is 7. The molecule has 0 unspecified atom stereocenters. The number of halogens is 4.